The van der Waals surface area contributed by atoms with Crippen molar-refractivity contribution in [2.45, 2.75) is 85.0 Å². The molecule has 26 heavy (non-hydrogen) atoms. The second-order valence-corrected chi connectivity index (χ2v) is 8.66. The van der Waals surface area contributed by atoms with Crippen LogP contribution in [0.1, 0.15) is 81.9 Å². The van der Waals surface area contributed by atoms with Crippen LogP contribution in [0.5, 0.6) is 5.75 Å². The van der Waals surface area contributed by atoms with E-state index in [0.717, 1.165) is 18.6 Å². The first-order chi connectivity index (χ1) is 12.4. The monoisotopic (exact) mass is 384 g/mol. The van der Waals surface area contributed by atoms with E-state index in [0.29, 0.717) is 13.0 Å². The molecule has 0 fully saturated rings. The van der Waals surface area contributed by atoms with Crippen molar-refractivity contribution < 1.29 is 17.7 Å². The van der Waals surface area contributed by atoms with Gasteiger partial charge in [-0.25, -0.2) is 0 Å². The molecule has 0 radical (unpaired) electrons. The lowest BCUT2D eigenvalue weighted by Crippen LogP contribution is -2.09. The van der Waals surface area contributed by atoms with Gasteiger partial charge in [0, 0.05) is 0 Å². The highest BCUT2D eigenvalue weighted by Crippen LogP contribution is 2.25. The number of unbranched alkanes of at least 4 members (excludes halogenated alkanes) is 6. The Bertz CT molecular complexity index is 623. The molecule has 1 aromatic carbocycles. The Balaban J connectivity index is 2.49. The van der Waals surface area contributed by atoms with Crippen LogP contribution in [0.3, 0.4) is 0 Å². The summed E-state index contributed by atoms with van der Waals surface area (Å²) >= 11 is 0. The zero-order valence-electron chi connectivity index (χ0n) is 16.7. The zero-order valence-corrected chi connectivity index (χ0v) is 17.5. The van der Waals surface area contributed by atoms with Crippen LogP contribution in [0, 0.1) is 6.92 Å². The van der Waals surface area contributed by atoms with Crippen molar-refractivity contribution in [3.63, 3.8) is 0 Å². The van der Waals surface area contributed by atoms with Gasteiger partial charge in [0.1, 0.15) is 5.75 Å². The fraction of sp³-hybridized carbons (Fsp3) is 0.714. The summed E-state index contributed by atoms with van der Waals surface area (Å²) in [6.45, 7) is 6.82. The van der Waals surface area contributed by atoms with Gasteiger partial charge < -0.3 is 4.74 Å². The summed E-state index contributed by atoms with van der Waals surface area (Å²) in [6.07, 6.45) is 11.6. The molecule has 4 nitrogen and oxygen atoms in total. The Kier molecular flexibility index (Phi) is 10.9. The molecular formula is C21H36O4S. The van der Waals surface area contributed by atoms with Crippen molar-refractivity contribution in [3.05, 3.63) is 28.8 Å². The van der Waals surface area contributed by atoms with Gasteiger partial charge in [0.25, 0.3) is 10.1 Å². The van der Waals surface area contributed by atoms with Crippen LogP contribution < -0.4 is 4.74 Å². The molecule has 0 aliphatic rings. The van der Waals surface area contributed by atoms with Crippen LogP contribution >= 0.6 is 0 Å². The lowest BCUT2D eigenvalue weighted by Gasteiger charge is -2.15. The van der Waals surface area contributed by atoms with E-state index in [-0.39, 0.29) is 5.75 Å². The number of hydrogen-bond acceptors (Lipinski definition) is 3. The van der Waals surface area contributed by atoms with Crippen molar-refractivity contribution in [1.29, 1.82) is 0 Å². The van der Waals surface area contributed by atoms with Crippen LogP contribution in [0.2, 0.25) is 0 Å². The Morgan fingerprint density at radius 3 is 2.23 bits per heavy atom. The molecule has 0 atom stereocenters. The van der Waals surface area contributed by atoms with Gasteiger partial charge in [-0.3, -0.25) is 4.55 Å². The molecule has 0 bridgehead atoms. The van der Waals surface area contributed by atoms with Gasteiger partial charge in [-0.2, -0.15) is 8.42 Å². The Morgan fingerprint density at radius 1 is 0.962 bits per heavy atom. The normalized spacial score (nSPS) is 11.7. The first kappa shape index (κ1) is 23.0. The first-order valence-electron chi connectivity index (χ1n) is 10.1. The summed E-state index contributed by atoms with van der Waals surface area (Å²) in [5.41, 5.74) is 4.01. The van der Waals surface area contributed by atoms with Crippen LogP contribution in [-0.4, -0.2) is 25.3 Å². The highest BCUT2D eigenvalue weighted by Gasteiger charge is 2.09. The molecule has 0 saturated carbocycles. The average molecular weight is 385 g/mol. The molecule has 5 heteroatoms. The zero-order chi connectivity index (χ0) is 19.4. The molecule has 1 aromatic rings. The molecule has 0 aliphatic heterocycles. The molecular weight excluding hydrogens is 348 g/mol. The second-order valence-electron chi connectivity index (χ2n) is 7.09. The third kappa shape index (κ3) is 9.58. The second kappa shape index (κ2) is 12.3. The predicted octanol–water partition coefficient (Wildman–Crippen LogP) is 5.51. The number of benzene rings is 1. The summed E-state index contributed by atoms with van der Waals surface area (Å²) in [5.74, 6) is 0.529. The van der Waals surface area contributed by atoms with Crippen molar-refractivity contribution in [2.75, 3.05) is 12.4 Å². The predicted molar refractivity (Wildman–Crippen MR) is 109 cm³/mol. The summed E-state index contributed by atoms with van der Waals surface area (Å²) in [5, 5.41) is 0. The average Bonchev–Trinajstić information content (AvgIpc) is 2.58. The fourth-order valence-corrected chi connectivity index (χ4v) is 3.78. The van der Waals surface area contributed by atoms with E-state index < -0.39 is 10.1 Å². The molecule has 0 unspecified atom stereocenters. The summed E-state index contributed by atoms with van der Waals surface area (Å²) in [7, 11) is -3.91. The fourth-order valence-electron chi connectivity index (χ4n) is 3.30. The van der Waals surface area contributed by atoms with Gasteiger partial charge in [0.05, 0.1) is 12.4 Å². The molecule has 1 rings (SSSR count). The van der Waals surface area contributed by atoms with Gasteiger partial charge in [0.2, 0.25) is 0 Å². The van der Waals surface area contributed by atoms with Crippen LogP contribution in [0.4, 0.5) is 0 Å². The van der Waals surface area contributed by atoms with E-state index in [4.69, 9.17) is 9.29 Å². The van der Waals surface area contributed by atoms with Crippen LogP contribution in [0.25, 0.3) is 0 Å². The lowest BCUT2D eigenvalue weighted by molar-refractivity contribution is 0.315. The maximum Gasteiger partial charge on any atom is 0.264 e. The maximum atomic E-state index is 10.7. The standard InChI is InChI=1S/C21H36O4S/c1-4-6-7-8-9-10-11-13-21-18(3)16-20(17-19(21)5-2)25-14-12-15-26(22,23)24/h16-17H,4-15H2,1-3H3,(H,22,23,24). The van der Waals surface area contributed by atoms with Crippen molar-refractivity contribution in [3.8, 4) is 5.75 Å². The number of aryl methyl sites for hydroxylation is 2. The van der Waals surface area contributed by atoms with E-state index in [1.807, 2.05) is 6.07 Å². The molecule has 0 aromatic heterocycles. The van der Waals surface area contributed by atoms with E-state index >= 15 is 0 Å². The molecule has 0 saturated heterocycles. The van der Waals surface area contributed by atoms with Gasteiger partial charge >= 0.3 is 0 Å². The van der Waals surface area contributed by atoms with Crippen LogP contribution in [-0.2, 0) is 23.0 Å². The third-order valence-electron chi connectivity index (χ3n) is 4.77. The quantitative estimate of drug-likeness (QED) is 0.339. The summed E-state index contributed by atoms with van der Waals surface area (Å²) in [6, 6.07) is 4.13. The minimum atomic E-state index is -3.91. The van der Waals surface area contributed by atoms with Gasteiger partial charge in [0.15, 0.2) is 0 Å². The Labute approximate surface area is 160 Å². The highest BCUT2D eigenvalue weighted by atomic mass is 32.2. The summed E-state index contributed by atoms with van der Waals surface area (Å²) < 4.78 is 35.9. The molecule has 150 valence electrons. The van der Waals surface area contributed by atoms with E-state index in [1.54, 1.807) is 0 Å². The highest BCUT2D eigenvalue weighted by molar-refractivity contribution is 7.85. The minimum absolute atomic E-state index is 0.261. The smallest absolute Gasteiger partial charge is 0.264 e. The topological polar surface area (TPSA) is 63.6 Å². The van der Waals surface area contributed by atoms with Crippen molar-refractivity contribution in [1.82, 2.24) is 0 Å². The molecule has 0 heterocycles. The number of rotatable bonds is 14. The van der Waals surface area contributed by atoms with Crippen LogP contribution in [0.15, 0.2) is 12.1 Å². The Morgan fingerprint density at radius 2 is 1.62 bits per heavy atom. The van der Waals surface area contributed by atoms with E-state index in [9.17, 15) is 8.42 Å². The lowest BCUT2D eigenvalue weighted by atomic mass is 9.94. The van der Waals surface area contributed by atoms with E-state index in [1.165, 1.54) is 61.6 Å². The van der Waals surface area contributed by atoms with Crippen molar-refractivity contribution in [2.24, 2.45) is 0 Å². The third-order valence-corrected chi connectivity index (χ3v) is 5.57. The van der Waals surface area contributed by atoms with E-state index in [2.05, 4.69) is 26.8 Å². The number of hydrogen-bond donors (Lipinski definition) is 1. The molecule has 0 aliphatic carbocycles. The van der Waals surface area contributed by atoms with Gasteiger partial charge in [-0.05, 0) is 61.4 Å². The van der Waals surface area contributed by atoms with Gasteiger partial charge in [-0.15, -0.1) is 0 Å². The first-order valence-corrected chi connectivity index (χ1v) is 11.7. The molecule has 0 amide bonds. The molecule has 1 N–H and O–H groups in total. The van der Waals surface area contributed by atoms with Crippen molar-refractivity contribution >= 4 is 10.1 Å². The number of ether oxygens (including phenoxy) is 1. The molecule has 0 spiro atoms. The largest absolute Gasteiger partial charge is 0.494 e. The maximum absolute atomic E-state index is 10.7. The summed E-state index contributed by atoms with van der Waals surface area (Å²) in [4.78, 5) is 0. The minimum Gasteiger partial charge on any atom is -0.494 e. The SMILES string of the molecule is CCCCCCCCCc1c(C)cc(OCCCS(=O)(=O)O)cc1CC. The van der Waals surface area contributed by atoms with Gasteiger partial charge in [-0.1, -0.05) is 52.4 Å². The Hall–Kier alpha value is -1.07.